The Hall–Kier alpha value is -6.06. The second-order valence-corrected chi connectivity index (χ2v) is 12.2. The van der Waals surface area contributed by atoms with Gasteiger partial charge < -0.3 is 4.42 Å². The van der Waals surface area contributed by atoms with Crippen molar-refractivity contribution < 1.29 is 4.42 Å². The zero-order chi connectivity index (χ0) is 31.3. The van der Waals surface area contributed by atoms with Gasteiger partial charge in [-0.3, -0.25) is 0 Å². The van der Waals surface area contributed by atoms with E-state index in [1.807, 2.05) is 18.2 Å². The van der Waals surface area contributed by atoms with Gasteiger partial charge in [0.15, 0.2) is 5.84 Å². The van der Waals surface area contributed by atoms with Crippen LogP contribution in [0, 0.1) is 5.92 Å². The van der Waals surface area contributed by atoms with Crippen molar-refractivity contribution in [3.05, 3.63) is 174 Å². The minimum absolute atomic E-state index is 0.0332. The molecule has 0 N–H and O–H groups in total. The number of hydrogen-bond donors (Lipinski definition) is 0. The highest BCUT2D eigenvalue weighted by molar-refractivity contribution is 6.27. The number of amidine groups is 1. The van der Waals surface area contributed by atoms with Crippen LogP contribution in [0.4, 0.5) is 0 Å². The summed E-state index contributed by atoms with van der Waals surface area (Å²) in [5, 5.41) is 6.75. The van der Waals surface area contributed by atoms with Gasteiger partial charge >= 0.3 is 0 Å². The van der Waals surface area contributed by atoms with Crippen LogP contribution in [0.1, 0.15) is 23.6 Å². The molecule has 0 saturated carbocycles. The Morgan fingerprint density at radius 1 is 0.511 bits per heavy atom. The molecule has 0 radical (unpaired) electrons. The van der Waals surface area contributed by atoms with Gasteiger partial charge in [-0.1, -0.05) is 140 Å². The molecule has 9 rings (SSSR count). The number of benzene rings is 7. The molecule has 1 unspecified atom stereocenters. The average Bonchev–Trinajstić information content (AvgIpc) is 3.43. The van der Waals surface area contributed by atoms with Crippen molar-refractivity contribution in [2.75, 3.05) is 0 Å². The Labute approximate surface area is 272 Å². The normalized spacial score (nSPS) is 15.1. The van der Waals surface area contributed by atoms with E-state index in [2.05, 4.69) is 146 Å². The molecule has 7 aromatic carbocycles. The Kier molecular flexibility index (Phi) is 6.43. The first-order valence-electron chi connectivity index (χ1n) is 16.1. The second kappa shape index (κ2) is 11.1. The van der Waals surface area contributed by atoms with Gasteiger partial charge in [0, 0.05) is 27.6 Å². The summed E-state index contributed by atoms with van der Waals surface area (Å²) in [5.41, 5.74) is 9.09. The molecule has 47 heavy (non-hydrogen) atoms. The summed E-state index contributed by atoms with van der Waals surface area (Å²) in [6.45, 7) is 2.21. The van der Waals surface area contributed by atoms with E-state index < -0.39 is 0 Å². The third kappa shape index (κ3) is 4.76. The van der Waals surface area contributed by atoms with Crippen molar-refractivity contribution in [2.24, 2.45) is 15.9 Å². The molecule has 1 aliphatic rings. The maximum absolute atomic E-state index is 6.54. The summed E-state index contributed by atoms with van der Waals surface area (Å²) in [6.07, 6.45) is 2.25. The van der Waals surface area contributed by atoms with Gasteiger partial charge in [-0.05, 0) is 62.7 Å². The SMILES string of the molecule is CC1C=C(c2ccc(-c3ccc4ccccc4c3)cc2)N=C(c2cc3ccccc3c3oc4ccccc4c23)N=C1c1ccccc1. The largest absolute Gasteiger partial charge is 0.455 e. The molecule has 0 aliphatic carbocycles. The molecule has 0 bridgehead atoms. The monoisotopic (exact) mass is 602 g/mol. The fourth-order valence-electron chi connectivity index (χ4n) is 6.86. The highest BCUT2D eigenvalue weighted by atomic mass is 16.3. The molecular formula is C44H30N2O. The van der Waals surface area contributed by atoms with Crippen molar-refractivity contribution in [1.82, 2.24) is 0 Å². The lowest BCUT2D eigenvalue weighted by molar-refractivity contribution is 0.672. The predicted octanol–water partition coefficient (Wildman–Crippen LogP) is 11.5. The number of fused-ring (bicyclic) bond motifs is 6. The van der Waals surface area contributed by atoms with Crippen LogP contribution in [0.25, 0.3) is 60.3 Å². The molecule has 8 aromatic rings. The van der Waals surface area contributed by atoms with E-state index in [1.54, 1.807) is 0 Å². The van der Waals surface area contributed by atoms with E-state index in [9.17, 15) is 0 Å². The van der Waals surface area contributed by atoms with Crippen LogP contribution in [-0.2, 0) is 0 Å². The number of para-hydroxylation sites is 1. The predicted molar refractivity (Wildman–Crippen MR) is 197 cm³/mol. The smallest absolute Gasteiger partial charge is 0.160 e. The molecule has 0 saturated heterocycles. The topological polar surface area (TPSA) is 37.9 Å². The van der Waals surface area contributed by atoms with Crippen LogP contribution in [0.2, 0.25) is 0 Å². The van der Waals surface area contributed by atoms with Gasteiger partial charge in [0.25, 0.3) is 0 Å². The number of aliphatic imine (C=N–C) groups is 2. The average molecular weight is 603 g/mol. The Balaban J connectivity index is 1.24. The van der Waals surface area contributed by atoms with Crippen LogP contribution in [0.3, 0.4) is 0 Å². The van der Waals surface area contributed by atoms with Gasteiger partial charge in [-0.15, -0.1) is 0 Å². The number of rotatable bonds is 4. The number of nitrogens with zero attached hydrogens (tertiary/aromatic N) is 2. The summed E-state index contributed by atoms with van der Waals surface area (Å²) < 4.78 is 6.54. The van der Waals surface area contributed by atoms with E-state index >= 15 is 0 Å². The molecule has 2 heterocycles. The lowest BCUT2D eigenvalue weighted by atomic mass is 9.95. The molecule has 1 atom stereocenters. The number of allylic oxidation sites excluding steroid dienone is 1. The second-order valence-electron chi connectivity index (χ2n) is 12.2. The van der Waals surface area contributed by atoms with E-state index in [0.717, 1.165) is 60.8 Å². The van der Waals surface area contributed by atoms with Gasteiger partial charge in [0.05, 0.1) is 11.4 Å². The van der Waals surface area contributed by atoms with Crippen molar-refractivity contribution in [2.45, 2.75) is 6.92 Å². The lowest BCUT2D eigenvalue weighted by Crippen LogP contribution is -2.12. The fourth-order valence-corrected chi connectivity index (χ4v) is 6.86. The molecule has 3 nitrogen and oxygen atoms in total. The van der Waals surface area contributed by atoms with Crippen LogP contribution in [-0.4, -0.2) is 11.5 Å². The quantitative estimate of drug-likeness (QED) is 0.197. The van der Waals surface area contributed by atoms with Crippen molar-refractivity contribution in [3.63, 3.8) is 0 Å². The third-order valence-corrected chi connectivity index (χ3v) is 9.24. The highest BCUT2D eigenvalue weighted by Gasteiger charge is 2.23. The molecule has 1 aliphatic heterocycles. The lowest BCUT2D eigenvalue weighted by Gasteiger charge is -2.12. The van der Waals surface area contributed by atoms with Crippen LogP contribution in [0.5, 0.6) is 0 Å². The Morgan fingerprint density at radius 2 is 1.17 bits per heavy atom. The van der Waals surface area contributed by atoms with E-state index in [-0.39, 0.29) is 5.92 Å². The van der Waals surface area contributed by atoms with E-state index in [1.165, 1.54) is 21.9 Å². The van der Waals surface area contributed by atoms with E-state index in [4.69, 9.17) is 14.4 Å². The summed E-state index contributed by atoms with van der Waals surface area (Å²) >= 11 is 0. The first-order chi connectivity index (χ1) is 23.2. The minimum atomic E-state index is 0.0332. The molecule has 0 amide bonds. The standard InChI is InChI=1S/C44H30N2O/c1-28-25-39(31-22-19-30(20-23-31)34-24-21-29-11-5-6-14-33(29)26-34)45-44(46-42(28)32-12-3-2-4-13-32)38-27-35-15-7-8-16-36(35)43-41(38)37-17-9-10-18-40(37)47-43/h2-28H,1H3. The third-order valence-electron chi connectivity index (χ3n) is 9.24. The Bertz CT molecular complexity index is 2570. The summed E-state index contributed by atoms with van der Waals surface area (Å²) in [6, 6.07) is 53.2. The number of furan rings is 1. The summed E-state index contributed by atoms with van der Waals surface area (Å²) in [5.74, 6) is 0.714. The molecule has 3 heteroatoms. The fraction of sp³-hybridized carbons (Fsp3) is 0.0455. The van der Waals surface area contributed by atoms with Crippen molar-refractivity contribution >= 4 is 60.7 Å². The summed E-state index contributed by atoms with van der Waals surface area (Å²) in [7, 11) is 0. The van der Waals surface area contributed by atoms with Gasteiger partial charge in [-0.2, -0.15) is 0 Å². The van der Waals surface area contributed by atoms with Gasteiger partial charge in [0.1, 0.15) is 11.2 Å². The zero-order valence-electron chi connectivity index (χ0n) is 25.9. The maximum Gasteiger partial charge on any atom is 0.160 e. The van der Waals surface area contributed by atoms with E-state index in [0.29, 0.717) is 5.84 Å². The van der Waals surface area contributed by atoms with Crippen LogP contribution in [0.15, 0.2) is 172 Å². The minimum Gasteiger partial charge on any atom is -0.455 e. The highest BCUT2D eigenvalue weighted by Crippen LogP contribution is 2.38. The molecule has 0 fully saturated rings. The van der Waals surface area contributed by atoms with Crippen LogP contribution < -0.4 is 0 Å². The molecular weight excluding hydrogens is 572 g/mol. The first kappa shape index (κ1) is 27.3. The van der Waals surface area contributed by atoms with Crippen molar-refractivity contribution in [1.29, 1.82) is 0 Å². The van der Waals surface area contributed by atoms with Crippen LogP contribution >= 0.6 is 0 Å². The van der Waals surface area contributed by atoms with Gasteiger partial charge in [0.2, 0.25) is 0 Å². The number of hydrogen-bond acceptors (Lipinski definition) is 3. The van der Waals surface area contributed by atoms with Crippen molar-refractivity contribution in [3.8, 4) is 11.1 Å². The maximum atomic E-state index is 6.54. The zero-order valence-corrected chi connectivity index (χ0v) is 25.9. The Morgan fingerprint density at radius 3 is 2.00 bits per heavy atom. The molecule has 1 aromatic heterocycles. The first-order valence-corrected chi connectivity index (χ1v) is 16.1. The molecule has 222 valence electrons. The summed E-state index contributed by atoms with van der Waals surface area (Å²) in [4.78, 5) is 10.8. The molecule has 0 spiro atoms. The van der Waals surface area contributed by atoms with Gasteiger partial charge in [-0.25, -0.2) is 9.98 Å².